The average molecular weight is 411 g/mol. The molecule has 7 heteroatoms. The molecule has 1 N–H and O–H groups in total. The maximum Gasteiger partial charge on any atom is 0.341 e. The van der Waals surface area contributed by atoms with Crippen molar-refractivity contribution in [3.63, 3.8) is 0 Å². The van der Waals surface area contributed by atoms with Gasteiger partial charge in [-0.2, -0.15) is 0 Å². The Hall–Kier alpha value is -3.32. The number of thiophene rings is 1. The third-order valence-electron chi connectivity index (χ3n) is 4.33. The van der Waals surface area contributed by atoms with Gasteiger partial charge in [-0.25, -0.2) is 4.79 Å². The Labute approximate surface area is 173 Å². The predicted octanol–water partition coefficient (Wildman–Crippen LogP) is 4.40. The molecule has 1 heterocycles. The number of nitrogens with one attached hydrogen (secondary N) is 1. The third-order valence-corrected chi connectivity index (χ3v) is 5.23. The molecule has 0 aliphatic rings. The van der Waals surface area contributed by atoms with Crippen molar-refractivity contribution in [2.45, 2.75) is 6.42 Å². The van der Waals surface area contributed by atoms with Crippen molar-refractivity contribution in [1.82, 2.24) is 0 Å². The van der Waals surface area contributed by atoms with Crippen LogP contribution in [0.2, 0.25) is 0 Å². The van der Waals surface area contributed by atoms with Gasteiger partial charge in [-0.05, 0) is 23.3 Å². The lowest BCUT2D eigenvalue weighted by Gasteiger charge is -2.10. The van der Waals surface area contributed by atoms with Crippen molar-refractivity contribution in [3.8, 4) is 22.6 Å². The molecule has 29 heavy (non-hydrogen) atoms. The summed E-state index contributed by atoms with van der Waals surface area (Å²) in [6.07, 6.45) is 0.125. The standard InChI is InChI=1S/C22H21NO5S/c1-26-17-10-9-14(11-18(17)27-2)12-19(24)23-21-20(22(25)28-3)16(13-29-21)15-7-5-4-6-8-15/h4-11,13H,12H2,1-3H3,(H,23,24). The van der Waals surface area contributed by atoms with E-state index in [9.17, 15) is 9.59 Å². The summed E-state index contributed by atoms with van der Waals surface area (Å²) < 4.78 is 15.4. The smallest absolute Gasteiger partial charge is 0.341 e. The Morgan fingerprint density at radius 2 is 1.69 bits per heavy atom. The van der Waals surface area contributed by atoms with E-state index in [0.717, 1.165) is 16.7 Å². The van der Waals surface area contributed by atoms with E-state index in [-0.39, 0.29) is 12.3 Å². The predicted molar refractivity (Wildman–Crippen MR) is 113 cm³/mol. The summed E-state index contributed by atoms with van der Waals surface area (Å²) in [5.41, 5.74) is 2.72. The number of ether oxygens (including phenoxy) is 3. The van der Waals surface area contributed by atoms with Crippen LogP contribution in [-0.4, -0.2) is 33.2 Å². The fourth-order valence-corrected chi connectivity index (χ4v) is 3.91. The lowest BCUT2D eigenvalue weighted by Crippen LogP contribution is -2.16. The quantitative estimate of drug-likeness (QED) is 0.584. The molecular weight excluding hydrogens is 390 g/mol. The molecular formula is C22H21NO5S. The average Bonchev–Trinajstić information content (AvgIpc) is 3.16. The Morgan fingerprint density at radius 3 is 2.34 bits per heavy atom. The molecule has 0 radical (unpaired) electrons. The van der Waals surface area contributed by atoms with E-state index in [1.807, 2.05) is 35.7 Å². The molecule has 0 saturated carbocycles. The van der Waals surface area contributed by atoms with Crippen LogP contribution < -0.4 is 14.8 Å². The zero-order chi connectivity index (χ0) is 20.8. The number of methoxy groups -OCH3 is 3. The van der Waals surface area contributed by atoms with Gasteiger partial charge in [0.2, 0.25) is 5.91 Å². The molecule has 150 valence electrons. The van der Waals surface area contributed by atoms with E-state index in [1.165, 1.54) is 18.4 Å². The van der Waals surface area contributed by atoms with Crippen LogP contribution in [0.4, 0.5) is 5.00 Å². The van der Waals surface area contributed by atoms with Crippen LogP contribution in [0, 0.1) is 0 Å². The van der Waals surface area contributed by atoms with Crippen LogP contribution in [0.5, 0.6) is 11.5 Å². The molecule has 2 aromatic carbocycles. The Balaban J connectivity index is 1.84. The van der Waals surface area contributed by atoms with Gasteiger partial charge in [0.25, 0.3) is 0 Å². The van der Waals surface area contributed by atoms with Crippen molar-refractivity contribution in [3.05, 3.63) is 65.0 Å². The van der Waals surface area contributed by atoms with Crippen molar-refractivity contribution in [2.75, 3.05) is 26.6 Å². The molecule has 0 spiro atoms. The number of esters is 1. The van der Waals surface area contributed by atoms with Gasteiger partial charge in [-0.1, -0.05) is 36.4 Å². The number of carbonyl (C=O) groups excluding carboxylic acids is 2. The minimum atomic E-state index is -0.494. The van der Waals surface area contributed by atoms with Gasteiger partial charge in [-0.3, -0.25) is 4.79 Å². The Bertz CT molecular complexity index is 1010. The molecule has 6 nitrogen and oxygen atoms in total. The first-order valence-electron chi connectivity index (χ1n) is 8.83. The minimum absolute atomic E-state index is 0.125. The molecule has 3 aromatic rings. The SMILES string of the molecule is COC(=O)c1c(-c2ccccc2)csc1NC(=O)Cc1ccc(OC)c(OC)c1. The largest absolute Gasteiger partial charge is 0.493 e. The molecule has 1 aromatic heterocycles. The first kappa shape index (κ1) is 20.4. The number of amides is 1. The van der Waals surface area contributed by atoms with Crippen LogP contribution >= 0.6 is 11.3 Å². The van der Waals surface area contributed by atoms with Crippen LogP contribution in [0.3, 0.4) is 0 Å². The molecule has 0 aliphatic carbocycles. The van der Waals surface area contributed by atoms with E-state index < -0.39 is 5.97 Å². The van der Waals surface area contributed by atoms with Crippen LogP contribution in [0.15, 0.2) is 53.9 Å². The zero-order valence-electron chi connectivity index (χ0n) is 16.4. The zero-order valence-corrected chi connectivity index (χ0v) is 17.2. The number of hydrogen-bond acceptors (Lipinski definition) is 6. The number of anilines is 1. The number of carbonyl (C=O) groups is 2. The van der Waals surface area contributed by atoms with Crippen molar-refractivity contribution >= 4 is 28.2 Å². The molecule has 0 saturated heterocycles. The normalized spacial score (nSPS) is 10.3. The first-order chi connectivity index (χ1) is 14.1. The summed E-state index contributed by atoms with van der Waals surface area (Å²) >= 11 is 1.29. The van der Waals surface area contributed by atoms with E-state index in [2.05, 4.69) is 5.32 Å². The van der Waals surface area contributed by atoms with Crippen molar-refractivity contribution in [2.24, 2.45) is 0 Å². The third kappa shape index (κ3) is 4.57. The highest BCUT2D eigenvalue weighted by molar-refractivity contribution is 7.15. The number of rotatable bonds is 7. The maximum atomic E-state index is 12.6. The minimum Gasteiger partial charge on any atom is -0.493 e. The second-order valence-electron chi connectivity index (χ2n) is 6.13. The summed E-state index contributed by atoms with van der Waals surface area (Å²) in [5, 5.41) is 5.14. The van der Waals surface area contributed by atoms with Crippen molar-refractivity contribution in [1.29, 1.82) is 0 Å². The lowest BCUT2D eigenvalue weighted by molar-refractivity contribution is -0.115. The van der Waals surface area contributed by atoms with E-state index in [0.29, 0.717) is 22.1 Å². The highest BCUT2D eigenvalue weighted by atomic mass is 32.1. The second-order valence-corrected chi connectivity index (χ2v) is 7.01. The van der Waals surface area contributed by atoms with Crippen LogP contribution in [0.25, 0.3) is 11.1 Å². The van der Waals surface area contributed by atoms with E-state index >= 15 is 0 Å². The van der Waals surface area contributed by atoms with Gasteiger partial charge < -0.3 is 19.5 Å². The molecule has 0 aliphatic heterocycles. The van der Waals surface area contributed by atoms with Gasteiger partial charge in [0.05, 0.1) is 27.8 Å². The molecule has 1 amide bonds. The number of benzene rings is 2. The van der Waals surface area contributed by atoms with Crippen LogP contribution in [-0.2, 0) is 16.0 Å². The van der Waals surface area contributed by atoms with Gasteiger partial charge in [-0.15, -0.1) is 11.3 Å². The second kappa shape index (κ2) is 9.25. The summed E-state index contributed by atoms with van der Waals surface area (Å²) in [6.45, 7) is 0. The van der Waals surface area contributed by atoms with Gasteiger partial charge in [0, 0.05) is 10.9 Å². The van der Waals surface area contributed by atoms with E-state index in [1.54, 1.807) is 32.4 Å². The highest BCUT2D eigenvalue weighted by Gasteiger charge is 2.22. The Morgan fingerprint density at radius 1 is 0.966 bits per heavy atom. The topological polar surface area (TPSA) is 73.9 Å². The lowest BCUT2D eigenvalue weighted by atomic mass is 10.0. The molecule has 3 rings (SSSR count). The van der Waals surface area contributed by atoms with Gasteiger partial charge in [0.1, 0.15) is 10.6 Å². The Kier molecular flexibility index (Phi) is 6.51. The van der Waals surface area contributed by atoms with E-state index in [4.69, 9.17) is 14.2 Å². The van der Waals surface area contributed by atoms with Gasteiger partial charge in [0.15, 0.2) is 11.5 Å². The van der Waals surface area contributed by atoms with Crippen molar-refractivity contribution < 1.29 is 23.8 Å². The fraction of sp³-hybridized carbons (Fsp3) is 0.182. The summed E-state index contributed by atoms with van der Waals surface area (Å²) in [4.78, 5) is 25.0. The summed E-state index contributed by atoms with van der Waals surface area (Å²) in [6, 6.07) is 14.8. The molecule has 0 fully saturated rings. The van der Waals surface area contributed by atoms with Crippen LogP contribution in [0.1, 0.15) is 15.9 Å². The molecule has 0 bridgehead atoms. The van der Waals surface area contributed by atoms with Gasteiger partial charge >= 0.3 is 5.97 Å². The molecule has 0 atom stereocenters. The first-order valence-corrected chi connectivity index (χ1v) is 9.71. The number of hydrogen-bond donors (Lipinski definition) is 1. The molecule has 0 unspecified atom stereocenters. The summed E-state index contributed by atoms with van der Waals surface area (Å²) in [5.74, 6) is 0.404. The monoisotopic (exact) mass is 411 g/mol. The fourth-order valence-electron chi connectivity index (χ4n) is 2.93. The maximum absolute atomic E-state index is 12.6. The highest BCUT2D eigenvalue weighted by Crippen LogP contribution is 2.36. The summed E-state index contributed by atoms with van der Waals surface area (Å²) in [7, 11) is 4.42.